The van der Waals surface area contributed by atoms with Crippen molar-refractivity contribution in [3.05, 3.63) is 24.4 Å². The lowest BCUT2D eigenvalue weighted by atomic mass is 10.3. The molecule has 2 N–H and O–H groups in total. The largest absolute Gasteiger partial charge is 0.550 e. The van der Waals surface area contributed by atoms with Gasteiger partial charge in [-0.05, 0) is 6.07 Å². The number of hydrogen-bond donors (Lipinski definition) is 1. The molecule has 1 fully saturated rings. The Bertz CT molecular complexity index is 361. The van der Waals surface area contributed by atoms with Crippen LogP contribution in [0.15, 0.2) is 24.4 Å². The monoisotopic (exact) mass is 236 g/mol. The smallest absolute Gasteiger partial charge is 0.274 e. The highest BCUT2D eigenvalue weighted by molar-refractivity contribution is 5.64. The number of H-pyrrole nitrogens is 1. The van der Waals surface area contributed by atoms with Crippen LogP contribution < -0.4 is 19.9 Å². The minimum Gasteiger partial charge on any atom is -0.550 e. The maximum absolute atomic E-state index is 10.4. The van der Waals surface area contributed by atoms with Crippen LogP contribution in [0.4, 0.5) is 5.82 Å². The molecule has 0 aliphatic carbocycles. The highest BCUT2D eigenvalue weighted by atomic mass is 16.4. The van der Waals surface area contributed by atoms with E-state index in [0.717, 1.165) is 32.0 Å². The number of carbonyl (C=O) groups excluding carboxylic acids is 1. The molecule has 0 radical (unpaired) electrons. The van der Waals surface area contributed by atoms with Crippen molar-refractivity contribution in [3.63, 3.8) is 0 Å². The van der Waals surface area contributed by atoms with Gasteiger partial charge in [0.15, 0.2) is 0 Å². The maximum Gasteiger partial charge on any atom is 0.274 e. The van der Waals surface area contributed by atoms with Crippen molar-refractivity contribution in [2.45, 2.75) is 6.42 Å². The van der Waals surface area contributed by atoms with Gasteiger partial charge in [0.2, 0.25) is 0 Å². The number of piperazine rings is 1. The van der Waals surface area contributed by atoms with Gasteiger partial charge in [-0.15, -0.1) is 0 Å². The van der Waals surface area contributed by atoms with Crippen molar-refractivity contribution >= 4 is 11.8 Å². The van der Waals surface area contributed by atoms with Crippen molar-refractivity contribution in [1.29, 1.82) is 0 Å². The predicted molar refractivity (Wildman–Crippen MR) is 60.4 cm³/mol. The minimum atomic E-state index is -0.948. The van der Waals surface area contributed by atoms with Crippen LogP contribution in [-0.4, -0.2) is 38.7 Å². The van der Waals surface area contributed by atoms with Gasteiger partial charge in [0.25, 0.3) is 5.82 Å². The number of carboxylic acids is 1. The molecule has 1 aromatic rings. The molecule has 0 amide bonds. The summed E-state index contributed by atoms with van der Waals surface area (Å²) in [6.45, 7) is 4.56. The summed E-state index contributed by atoms with van der Waals surface area (Å²) in [7, 11) is 0. The van der Waals surface area contributed by atoms with E-state index < -0.39 is 5.97 Å². The van der Waals surface area contributed by atoms with Crippen LogP contribution in [0.3, 0.4) is 0 Å². The fraction of sp³-hybridized carbons (Fsp3) is 0.500. The van der Waals surface area contributed by atoms with E-state index in [-0.39, 0.29) is 6.42 Å². The zero-order valence-electron chi connectivity index (χ0n) is 9.82. The quantitative estimate of drug-likeness (QED) is 0.621. The molecule has 2 heterocycles. The summed E-state index contributed by atoms with van der Waals surface area (Å²) in [5.74, 6) is 0.183. The second-order valence-electron chi connectivity index (χ2n) is 4.36. The number of aliphatic carboxylic acids is 1. The number of carbonyl (C=O) groups is 1. The number of carboxylic acid groups (broad SMARTS) is 1. The number of nitrogens with zero attached hydrogens (tertiary/aromatic N) is 1. The summed E-state index contributed by atoms with van der Waals surface area (Å²) < 4.78 is 0. The molecule has 5 heteroatoms. The summed E-state index contributed by atoms with van der Waals surface area (Å²) in [5, 5.41) is 10.4. The normalized spacial score (nSPS) is 17.1. The van der Waals surface area contributed by atoms with Gasteiger partial charge in [-0.25, -0.2) is 4.98 Å². The lowest BCUT2D eigenvalue weighted by Crippen LogP contribution is -3.15. The van der Waals surface area contributed by atoms with E-state index in [9.17, 15) is 9.90 Å². The van der Waals surface area contributed by atoms with Gasteiger partial charge in [0.05, 0.1) is 12.7 Å². The molecular formula is C12H18N3O2+. The molecular weight excluding hydrogens is 218 g/mol. The van der Waals surface area contributed by atoms with Crippen LogP contribution in [0.5, 0.6) is 0 Å². The Morgan fingerprint density at radius 2 is 2.18 bits per heavy atom. The Morgan fingerprint density at radius 1 is 1.41 bits per heavy atom. The van der Waals surface area contributed by atoms with Gasteiger partial charge in [-0.2, -0.15) is 0 Å². The molecule has 2 rings (SSSR count). The van der Waals surface area contributed by atoms with E-state index in [0.29, 0.717) is 6.54 Å². The first-order valence-corrected chi connectivity index (χ1v) is 6.01. The molecule has 0 aromatic carbocycles. The van der Waals surface area contributed by atoms with Gasteiger partial charge >= 0.3 is 0 Å². The van der Waals surface area contributed by atoms with Crippen LogP contribution in [0, 0.1) is 0 Å². The SMILES string of the molecule is O=C([O-])CC[NH+]1CCN(c2cccc[nH+]2)CC1. The van der Waals surface area contributed by atoms with Crippen LogP contribution in [0.1, 0.15) is 6.42 Å². The molecule has 17 heavy (non-hydrogen) atoms. The summed E-state index contributed by atoms with van der Waals surface area (Å²) in [6, 6.07) is 6.04. The maximum atomic E-state index is 10.4. The zero-order chi connectivity index (χ0) is 12.1. The van der Waals surface area contributed by atoms with Gasteiger partial charge in [0.1, 0.15) is 26.2 Å². The van der Waals surface area contributed by atoms with E-state index >= 15 is 0 Å². The van der Waals surface area contributed by atoms with Crippen molar-refractivity contribution in [2.24, 2.45) is 0 Å². The van der Waals surface area contributed by atoms with Crippen molar-refractivity contribution in [1.82, 2.24) is 0 Å². The van der Waals surface area contributed by atoms with Crippen LogP contribution in [-0.2, 0) is 4.79 Å². The fourth-order valence-corrected chi connectivity index (χ4v) is 2.17. The first kappa shape index (κ1) is 11.9. The first-order valence-electron chi connectivity index (χ1n) is 6.01. The third-order valence-electron chi connectivity index (χ3n) is 3.19. The predicted octanol–water partition coefficient (Wildman–Crippen LogP) is -2.65. The number of nitrogens with one attached hydrogen (secondary N) is 2. The number of aromatic amines is 1. The van der Waals surface area contributed by atoms with Crippen LogP contribution >= 0.6 is 0 Å². The van der Waals surface area contributed by atoms with E-state index in [1.54, 1.807) is 0 Å². The molecule has 92 valence electrons. The Hall–Kier alpha value is -1.62. The zero-order valence-corrected chi connectivity index (χ0v) is 9.82. The number of hydrogen-bond acceptors (Lipinski definition) is 3. The topological polar surface area (TPSA) is 61.9 Å². The summed E-state index contributed by atoms with van der Waals surface area (Å²) >= 11 is 0. The number of quaternary nitrogens is 1. The number of pyridine rings is 1. The van der Waals surface area contributed by atoms with Crippen molar-refractivity contribution < 1.29 is 19.8 Å². The third-order valence-corrected chi connectivity index (χ3v) is 3.19. The lowest BCUT2D eigenvalue weighted by Gasteiger charge is -2.28. The second-order valence-corrected chi connectivity index (χ2v) is 4.36. The lowest BCUT2D eigenvalue weighted by molar-refractivity contribution is -0.900. The summed E-state index contributed by atoms with van der Waals surface area (Å²) in [4.78, 5) is 17.2. The fourth-order valence-electron chi connectivity index (χ4n) is 2.17. The molecule has 0 saturated carbocycles. The van der Waals surface area contributed by atoms with E-state index in [1.807, 2.05) is 18.3 Å². The molecule has 1 saturated heterocycles. The average molecular weight is 236 g/mol. The highest BCUT2D eigenvalue weighted by Gasteiger charge is 2.25. The minimum absolute atomic E-state index is 0.160. The Morgan fingerprint density at radius 3 is 2.76 bits per heavy atom. The molecule has 0 unspecified atom stereocenters. The molecule has 1 aliphatic rings. The number of anilines is 1. The molecule has 0 spiro atoms. The standard InChI is InChI=1S/C12H17N3O2/c16-12(17)4-6-14-7-9-15(10-8-14)11-3-1-2-5-13-11/h1-3,5H,4,6-10H2,(H,16,17)/p+1. The highest BCUT2D eigenvalue weighted by Crippen LogP contribution is 2.04. The molecule has 5 nitrogen and oxygen atoms in total. The van der Waals surface area contributed by atoms with Crippen molar-refractivity contribution in [3.8, 4) is 0 Å². The first-order chi connectivity index (χ1) is 8.25. The van der Waals surface area contributed by atoms with Gasteiger partial charge in [0, 0.05) is 18.5 Å². The summed E-state index contributed by atoms with van der Waals surface area (Å²) in [5.41, 5.74) is 0. The van der Waals surface area contributed by atoms with E-state index in [2.05, 4.69) is 16.0 Å². The van der Waals surface area contributed by atoms with E-state index in [1.165, 1.54) is 4.90 Å². The Labute approximate surface area is 101 Å². The Kier molecular flexibility index (Phi) is 3.93. The van der Waals surface area contributed by atoms with E-state index in [4.69, 9.17) is 0 Å². The van der Waals surface area contributed by atoms with Crippen LogP contribution in [0.2, 0.25) is 0 Å². The van der Waals surface area contributed by atoms with Gasteiger partial charge in [-0.1, -0.05) is 6.07 Å². The molecule has 1 aliphatic heterocycles. The molecule has 0 bridgehead atoms. The Balaban J connectivity index is 1.80. The van der Waals surface area contributed by atoms with Crippen molar-refractivity contribution in [2.75, 3.05) is 37.6 Å². The van der Waals surface area contributed by atoms with Crippen LogP contribution in [0.25, 0.3) is 0 Å². The van der Waals surface area contributed by atoms with Gasteiger partial charge in [-0.3, -0.25) is 4.90 Å². The second kappa shape index (κ2) is 5.63. The average Bonchev–Trinajstić information content (AvgIpc) is 2.38. The number of rotatable bonds is 4. The summed E-state index contributed by atoms with van der Waals surface area (Å²) in [6.07, 6.45) is 2.08. The molecule has 1 aromatic heterocycles. The number of aromatic nitrogens is 1. The van der Waals surface area contributed by atoms with Gasteiger partial charge < -0.3 is 14.8 Å². The molecule has 0 atom stereocenters. The third kappa shape index (κ3) is 3.42.